The zero-order valence-corrected chi connectivity index (χ0v) is 32.3. The van der Waals surface area contributed by atoms with Gasteiger partial charge in [0.15, 0.2) is 5.58 Å². The highest BCUT2D eigenvalue weighted by atomic mass is 16.3. The lowest BCUT2D eigenvalue weighted by Gasteiger charge is -2.19. The van der Waals surface area contributed by atoms with E-state index in [0.29, 0.717) is 5.89 Å². The van der Waals surface area contributed by atoms with Crippen molar-refractivity contribution in [2.75, 3.05) is 0 Å². The number of hydrogen-bond acceptors (Lipinski definition) is 3. The van der Waals surface area contributed by atoms with Crippen molar-refractivity contribution >= 4 is 86.9 Å². The van der Waals surface area contributed by atoms with E-state index in [2.05, 4.69) is 200 Å². The van der Waals surface area contributed by atoms with Crippen LogP contribution in [0, 0.1) is 0 Å². The highest BCUT2D eigenvalue weighted by Crippen LogP contribution is 2.50. The van der Waals surface area contributed by atoms with Crippen molar-refractivity contribution in [2.45, 2.75) is 0 Å². The number of furan rings is 1. The zero-order valence-electron chi connectivity index (χ0n) is 32.3. The molecule has 13 rings (SSSR count). The average molecular weight is 764 g/mol. The second-order valence-corrected chi connectivity index (χ2v) is 15.7. The van der Waals surface area contributed by atoms with E-state index >= 15 is 0 Å². The van der Waals surface area contributed by atoms with E-state index in [0.717, 1.165) is 87.6 Å². The van der Waals surface area contributed by atoms with Crippen LogP contribution >= 0.6 is 0 Å². The van der Waals surface area contributed by atoms with Gasteiger partial charge in [0.2, 0.25) is 5.89 Å². The quantitative estimate of drug-likeness (QED) is 0.168. The third-order valence-corrected chi connectivity index (χ3v) is 12.4. The maximum absolute atomic E-state index is 7.09. The third-order valence-electron chi connectivity index (χ3n) is 12.4. The SMILES string of the molecule is c1ccc(-c2c3ccccc3c(-c3cc(-c4cc5ccccc5c5oc(-c6cccc7ccccc67)nc45)cc4oc5c6ccccc6ccc5c34)c3ccccc23)cc1. The predicted octanol–water partition coefficient (Wildman–Crippen LogP) is 16.2. The van der Waals surface area contributed by atoms with E-state index in [1.54, 1.807) is 0 Å². The topological polar surface area (TPSA) is 39.2 Å². The number of nitrogens with zero attached hydrogens (tertiary/aromatic N) is 1. The summed E-state index contributed by atoms with van der Waals surface area (Å²) in [5, 5.41) is 13.6. The summed E-state index contributed by atoms with van der Waals surface area (Å²) in [6, 6.07) is 71.5. The third kappa shape index (κ3) is 4.81. The van der Waals surface area contributed by atoms with Crippen LogP contribution in [0.1, 0.15) is 0 Å². The molecule has 0 saturated carbocycles. The molecule has 2 heterocycles. The van der Waals surface area contributed by atoms with E-state index in [4.69, 9.17) is 13.8 Å². The molecule has 0 aliphatic carbocycles. The molecule has 0 saturated heterocycles. The Labute approximate surface area is 344 Å². The summed E-state index contributed by atoms with van der Waals surface area (Å²) in [5.41, 5.74) is 11.0. The van der Waals surface area contributed by atoms with Crippen molar-refractivity contribution in [3.05, 3.63) is 200 Å². The summed E-state index contributed by atoms with van der Waals surface area (Å²) in [6.07, 6.45) is 0. The second kappa shape index (κ2) is 12.7. The van der Waals surface area contributed by atoms with Gasteiger partial charge in [0.05, 0.1) is 0 Å². The van der Waals surface area contributed by atoms with Crippen molar-refractivity contribution < 1.29 is 8.83 Å². The van der Waals surface area contributed by atoms with Crippen molar-refractivity contribution in [1.29, 1.82) is 0 Å². The van der Waals surface area contributed by atoms with Gasteiger partial charge in [-0.25, -0.2) is 4.98 Å². The molecule has 60 heavy (non-hydrogen) atoms. The van der Waals surface area contributed by atoms with Gasteiger partial charge in [0, 0.05) is 32.7 Å². The Hall–Kier alpha value is -8.01. The standard InChI is InChI=1S/C57H33NO2/c1-2-17-36(18-3-1)51-42-24-10-12-26-44(42)52(45-27-13-11-25-43(45)51)49-32-38(33-50-53(49)47-30-29-35-16-5-8-22-40(35)55(47)59-50)48-31-37-19-6-9-23-41(37)56-54(48)58-57(60-56)46-28-14-20-34-15-4-7-21-39(34)46/h1-33H. The molecule has 0 radical (unpaired) electrons. The maximum Gasteiger partial charge on any atom is 0.227 e. The number of hydrogen-bond donors (Lipinski definition) is 0. The van der Waals surface area contributed by atoms with E-state index < -0.39 is 0 Å². The Bertz CT molecular complexity index is 3830. The molecule has 0 amide bonds. The van der Waals surface area contributed by atoms with Gasteiger partial charge >= 0.3 is 0 Å². The molecule has 0 fully saturated rings. The number of oxazole rings is 1. The zero-order chi connectivity index (χ0) is 39.3. The van der Waals surface area contributed by atoms with Crippen molar-refractivity contribution in [3.63, 3.8) is 0 Å². The molecular formula is C57H33NO2. The average Bonchev–Trinajstić information content (AvgIpc) is 3.93. The molecule has 0 aliphatic heterocycles. The highest BCUT2D eigenvalue weighted by molar-refractivity contribution is 6.28. The molecule has 0 bridgehead atoms. The van der Waals surface area contributed by atoms with E-state index in [9.17, 15) is 0 Å². The van der Waals surface area contributed by atoms with Gasteiger partial charge in [-0.3, -0.25) is 0 Å². The number of rotatable bonds is 4. The number of aromatic nitrogens is 1. The molecule has 0 spiro atoms. The minimum absolute atomic E-state index is 0.601. The summed E-state index contributed by atoms with van der Waals surface area (Å²) in [5.74, 6) is 0.601. The van der Waals surface area contributed by atoms with Crippen LogP contribution in [0.4, 0.5) is 0 Å². The summed E-state index contributed by atoms with van der Waals surface area (Å²) in [7, 11) is 0. The molecule has 0 aliphatic rings. The summed E-state index contributed by atoms with van der Waals surface area (Å²) in [4.78, 5) is 5.37. The lowest BCUT2D eigenvalue weighted by molar-refractivity contribution is 0.624. The largest absolute Gasteiger partial charge is 0.455 e. The Balaban J connectivity index is 1.18. The highest BCUT2D eigenvalue weighted by Gasteiger charge is 2.24. The first-order valence-electron chi connectivity index (χ1n) is 20.4. The summed E-state index contributed by atoms with van der Waals surface area (Å²) < 4.78 is 14.0. The summed E-state index contributed by atoms with van der Waals surface area (Å²) in [6.45, 7) is 0. The van der Waals surface area contributed by atoms with Gasteiger partial charge in [0.1, 0.15) is 16.7 Å². The fourth-order valence-electron chi connectivity index (χ4n) is 9.81. The van der Waals surface area contributed by atoms with Crippen molar-refractivity contribution in [3.8, 4) is 44.8 Å². The first-order chi connectivity index (χ1) is 29.8. The lowest BCUT2D eigenvalue weighted by atomic mass is 9.84. The Morgan fingerprint density at radius 2 is 0.883 bits per heavy atom. The minimum atomic E-state index is 0.601. The lowest BCUT2D eigenvalue weighted by Crippen LogP contribution is -1.92. The molecule has 3 nitrogen and oxygen atoms in total. The smallest absolute Gasteiger partial charge is 0.227 e. The van der Waals surface area contributed by atoms with Gasteiger partial charge in [-0.15, -0.1) is 0 Å². The number of benzene rings is 11. The van der Waals surface area contributed by atoms with Crippen molar-refractivity contribution in [2.24, 2.45) is 0 Å². The van der Waals surface area contributed by atoms with Crippen LogP contribution < -0.4 is 0 Å². The van der Waals surface area contributed by atoms with E-state index in [-0.39, 0.29) is 0 Å². The second-order valence-electron chi connectivity index (χ2n) is 15.7. The monoisotopic (exact) mass is 763 g/mol. The van der Waals surface area contributed by atoms with Crippen LogP contribution in [0.25, 0.3) is 132 Å². The minimum Gasteiger partial charge on any atom is -0.455 e. The Morgan fingerprint density at radius 3 is 1.60 bits per heavy atom. The van der Waals surface area contributed by atoms with Gasteiger partial charge < -0.3 is 8.83 Å². The van der Waals surface area contributed by atoms with Crippen LogP contribution in [0.15, 0.2) is 209 Å². The maximum atomic E-state index is 7.09. The molecule has 11 aromatic carbocycles. The van der Waals surface area contributed by atoms with Crippen LogP contribution in [0.5, 0.6) is 0 Å². The van der Waals surface area contributed by atoms with Crippen molar-refractivity contribution in [1.82, 2.24) is 4.98 Å². The molecular weight excluding hydrogens is 731 g/mol. The van der Waals surface area contributed by atoms with Gasteiger partial charge in [-0.05, 0) is 101 Å². The Morgan fingerprint density at radius 1 is 0.317 bits per heavy atom. The van der Waals surface area contributed by atoms with Crippen LogP contribution in [-0.2, 0) is 0 Å². The fourth-order valence-corrected chi connectivity index (χ4v) is 9.81. The van der Waals surface area contributed by atoms with Crippen LogP contribution in [0.3, 0.4) is 0 Å². The number of fused-ring (bicyclic) bond motifs is 11. The normalized spacial score (nSPS) is 12.0. The molecule has 2 aromatic heterocycles. The van der Waals surface area contributed by atoms with E-state index in [1.807, 2.05) is 0 Å². The molecule has 0 N–H and O–H groups in total. The molecule has 13 aromatic rings. The predicted molar refractivity (Wildman–Crippen MR) is 251 cm³/mol. The van der Waals surface area contributed by atoms with Gasteiger partial charge in [-0.1, -0.05) is 170 Å². The van der Waals surface area contributed by atoms with Crippen LogP contribution in [-0.4, -0.2) is 4.98 Å². The summed E-state index contributed by atoms with van der Waals surface area (Å²) >= 11 is 0. The van der Waals surface area contributed by atoms with E-state index in [1.165, 1.54) is 38.2 Å². The fraction of sp³-hybridized carbons (Fsp3) is 0. The van der Waals surface area contributed by atoms with Gasteiger partial charge in [0.25, 0.3) is 0 Å². The molecule has 3 heteroatoms. The first kappa shape index (κ1) is 33.0. The molecule has 0 unspecified atom stereocenters. The first-order valence-corrected chi connectivity index (χ1v) is 20.4. The van der Waals surface area contributed by atoms with Crippen LogP contribution in [0.2, 0.25) is 0 Å². The Kier molecular flexibility index (Phi) is 7.01. The molecule has 0 atom stereocenters. The molecule has 278 valence electrons. The van der Waals surface area contributed by atoms with Gasteiger partial charge in [-0.2, -0.15) is 0 Å².